The van der Waals surface area contributed by atoms with Crippen molar-refractivity contribution in [2.24, 2.45) is 0 Å². The number of ether oxygens (including phenoxy) is 3. The van der Waals surface area contributed by atoms with Crippen LogP contribution in [0.4, 0.5) is 0 Å². The molecule has 0 unspecified atom stereocenters. The van der Waals surface area contributed by atoms with E-state index in [9.17, 15) is 14.4 Å². The van der Waals surface area contributed by atoms with E-state index in [1.807, 2.05) is 0 Å². The van der Waals surface area contributed by atoms with Gasteiger partial charge in [0, 0.05) is 19.3 Å². The Morgan fingerprint density at radius 2 is 0.452 bits per heavy atom. The molecule has 0 aliphatic heterocycles. The Labute approximate surface area is 456 Å². The molecule has 0 bridgehead atoms. The van der Waals surface area contributed by atoms with E-state index in [1.165, 1.54) is 283 Å². The average molecular weight is 1030 g/mol. The molecule has 0 radical (unpaired) electrons. The third kappa shape index (κ3) is 60.9. The quantitative estimate of drug-likeness (QED) is 0.0261. The lowest BCUT2D eigenvalue weighted by Gasteiger charge is -2.18. The van der Waals surface area contributed by atoms with E-state index < -0.39 is 6.10 Å². The highest BCUT2D eigenvalue weighted by Crippen LogP contribution is 2.18. The lowest BCUT2D eigenvalue weighted by molar-refractivity contribution is -0.167. The van der Waals surface area contributed by atoms with Crippen molar-refractivity contribution < 1.29 is 28.6 Å². The van der Waals surface area contributed by atoms with Gasteiger partial charge in [0.1, 0.15) is 13.2 Å². The zero-order chi connectivity index (χ0) is 52.9. The Kier molecular flexibility index (Phi) is 61.1. The number of carbonyl (C=O) groups excluding carboxylic acids is 3. The highest BCUT2D eigenvalue weighted by atomic mass is 16.6. The minimum Gasteiger partial charge on any atom is -0.462 e. The first-order chi connectivity index (χ1) is 36.0. The molecule has 0 aromatic heterocycles. The van der Waals surface area contributed by atoms with Gasteiger partial charge in [0.05, 0.1) is 0 Å². The van der Waals surface area contributed by atoms with Crippen LogP contribution < -0.4 is 0 Å². The van der Waals surface area contributed by atoms with E-state index in [2.05, 4.69) is 32.9 Å². The summed E-state index contributed by atoms with van der Waals surface area (Å²) in [6, 6.07) is 0. The van der Waals surface area contributed by atoms with Crippen LogP contribution in [0, 0.1) is 0 Å². The van der Waals surface area contributed by atoms with Crippen LogP contribution in [0.5, 0.6) is 0 Å². The molecule has 0 aromatic rings. The lowest BCUT2D eigenvalue weighted by Crippen LogP contribution is -2.30. The summed E-state index contributed by atoms with van der Waals surface area (Å²) in [6.07, 6.45) is 73.7. The van der Waals surface area contributed by atoms with Crippen LogP contribution in [-0.4, -0.2) is 37.2 Å². The fraction of sp³-hybridized carbons (Fsp3) is 0.925. The summed E-state index contributed by atoms with van der Waals surface area (Å²) in [5.74, 6) is -0.832. The third-order valence-electron chi connectivity index (χ3n) is 15.3. The van der Waals surface area contributed by atoms with Crippen molar-refractivity contribution in [3.05, 3.63) is 12.2 Å². The van der Waals surface area contributed by atoms with Gasteiger partial charge in [-0.1, -0.05) is 328 Å². The predicted octanol–water partition coefficient (Wildman–Crippen LogP) is 22.4. The Bertz CT molecular complexity index is 1130. The number of carbonyl (C=O) groups is 3. The van der Waals surface area contributed by atoms with Crippen molar-refractivity contribution in [2.75, 3.05) is 13.2 Å². The minimum absolute atomic E-state index is 0.0631. The first-order valence-corrected chi connectivity index (χ1v) is 33.2. The van der Waals surface area contributed by atoms with Crippen molar-refractivity contribution in [3.8, 4) is 0 Å². The van der Waals surface area contributed by atoms with Gasteiger partial charge in [-0.3, -0.25) is 14.4 Å². The van der Waals surface area contributed by atoms with E-state index in [0.717, 1.165) is 57.8 Å². The van der Waals surface area contributed by atoms with E-state index in [-0.39, 0.29) is 31.1 Å². The Morgan fingerprint density at radius 1 is 0.260 bits per heavy atom. The maximum absolute atomic E-state index is 12.9. The molecule has 0 amide bonds. The van der Waals surface area contributed by atoms with Crippen molar-refractivity contribution >= 4 is 17.9 Å². The molecule has 0 fully saturated rings. The SMILES string of the molecule is CCCCCCCC/C=C\CCCCCCCCCCCCCC(=O)OC[C@H](COC(=O)CCCCCCCCCCCCCCCCCCCCCCC)OC(=O)CCCCCCCCCCCCCCC. The average Bonchev–Trinajstić information content (AvgIpc) is 3.39. The van der Waals surface area contributed by atoms with Gasteiger partial charge < -0.3 is 14.2 Å². The summed E-state index contributed by atoms with van der Waals surface area (Å²) in [5, 5.41) is 0. The second-order valence-corrected chi connectivity index (χ2v) is 22.7. The number of unbranched alkanes of at least 4 members (excludes halogenated alkanes) is 49. The maximum atomic E-state index is 12.9. The van der Waals surface area contributed by atoms with Gasteiger partial charge in [-0.15, -0.1) is 0 Å². The van der Waals surface area contributed by atoms with E-state index in [1.54, 1.807) is 0 Å². The normalized spacial score (nSPS) is 12.0. The maximum Gasteiger partial charge on any atom is 0.306 e. The van der Waals surface area contributed by atoms with Crippen LogP contribution >= 0.6 is 0 Å². The van der Waals surface area contributed by atoms with Crippen molar-refractivity contribution in [1.82, 2.24) is 0 Å². The van der Waals surface area contributed by atoms with Crippen molar-refractivity contribution in [3.63, 3.8) is 0 Å². The number of hydrogen-bond donors (Lipinski definition) is 0. The first-order valence-electron chi connectivity index (χ1n) is 33.2. The van der Waals surface area contributed by atoms with Gasteiger partial charge in [0.25, 0.3) is 0 Å². The second kappa shape index (κ2) is 62.7. The largest absolute Gasteiger partial charge is 0.462 e. The number of esters is 3. The smallest absolute Gasteiger partial charge is 0.306 e. The second-order valence-electron chi connectivity index (χ2n) is 22.7. The molecular formula is C67H128O6. The van der Waals surface area contributed by atoms with Crippen LogP contribution in [0.15, 0.2) is 12.2 Å². The van der Waals surface area contributed by atoms with Crippen molar-refractivity contribution in [2.45, 2.75) is 386 Å². The molecule has 0 aliphatic rings. The summed E-state index contributed by atoms with van der Waals surface area (Å²) in [5.41, 5.74) is 0. The standard InChI is InChI=1S/C67H128O6/c1-4-7-10-13-16-19-22-25-27-29-31-33-35-37-39-42-44-47-50-53-56-59-65(68)71-62-64(73-67(70)61-58-55-52-49-46-41-24-21-18-15-12-9-6-3)63-72-66(69)60-57-54-51-48-45-43-40-38-36-34-32-30-28-26-23-20-17-14-11-8-5-2/h25,27,64H,4-24,26,28-63H2,1-3H3/b27-25-/t64-/m1/s1. The summed E-state index contributed by atoms with van der Waals surface area (Å²) in [7, 11) is 0. The Hall–Kier alpha value is -1.85. The van der Waals surface area contributed by atoms with E-state index in [4.69, 9.17) is 14.2 Å². The first kappa shape index (κ1) is 71.2. The zero-order valence-electron chi connectivity index (χ0n) is 49.7. The van der Waals surface area contributed by atoms with Crippen LogP contribution in [0.1, 0.15) is 380 Å². The summed E-state index contributed by atoms with van der Waals surface area (Å²) < 4.78 is 17.0. The Morgan fingerprint density at radius 3 is 0.685 bits per heavy atom. The van der Waals surface area contributed by atoms with Gasteiger partial charge >= 0.3 is 17.9 Å². The highest BCUT2D eigenvalue weighted by Gasteiger charge is 2.19. The fourth-order valence-corrected chi connectivity index (χ4v) is 10.3. The van der Waals surface area contributed by atoms with Gasteiger partial charge in [-0.2, -0.15) is 0 Å². The van der Waals surface area contributed by atoms with Crippen LogP contribution in [-0.2, 0) is 28.6 Å². The summed E-state index contributed by atoms with van der Waals surface area (Å²) in [6.45, 7) is 6.72. The molecule has 6 heteroatoms. The summed E-state index contributed by atoms with van der Waals surface area (Å²) >= 11 is 0. The molecule has 0 aliphatic carbocycles. The van der Waals surface area contributed by atoms with Gasteiger partial charge in [-0.25, -0.2) is 0 Å². The molecule has 6 nitrogen and oxygen atoms in total. The van der Waals surface area contributed by atoms with Crippen molar-refractivity contribution in [1.29, 1.82) is 0 Å². The molecule has 432 valence electrons. The molecule has 0 saturated heterocycles. The topological polar surface area (TPSA) is 78.9 Å². The molecule has 0 heterocycles. The van der Waals surface area contributed by atoms with Gasteiger partial charge in [-0.05, 0) is 44.9 Å². The zero-order valence-corrected chi connectivity index (χ0v) is 49.7. The molecule has 0 saturated carbocycles. The molecule has 73 heavy (non-hydrogen) atoms. The van der Waals surface area contributed by atoms with Crippen LogP contribution in [0.3, 0.4) is 0 Å². The highest BCUT2D eigenvalue weighted by molar-refractivity contribution is 5.71. The Balaban J connectivity index is 4.23. The molecule has 0 aromatic carbocycles. The molecule has 1 atom stereocenters. The molecular weight excluding hydrogens is 901 g/mol. The van der Waals surface area contributed by atoms with Crippen LogP contribution in [0.2, 0.25) is 0 Å². The lowest BCUT2D eigenvalue weighted by atomic mass is 10.0. The molecule has 0 spiro atoms. The van der Waals surface area contributed by atoms with Gasteiger partial charge in [0.15, 0.2) is 6.10 Å². The van der Waals surface area contributed by atoms with Gasteiger partial charge in [0.2, 0.25) is 0 Å². The number of rotatable bonds is 62. The number of allylic oxidation sites excluding steroid dienone is 2. The van der Waals surface area contributed by atoms with E-state index in [0.29, 0.717) is 19.3 Å². The monoisotopic (exact) mass is 1030 g/mol. The van der Waals surface area contributed by atoms with E-state index >= 15 is 0 Å². The fourth-order valence-electron chi connectivity index (χ4n) is 10.3. The minimum atomic E-state index is -0.765. The summed E-state index contributed by atoms with van der Waals surface area (Å²) in [4.78, 5) is 38.3. The van der Waals surface area contributed by atoms with Crippen LogP contribution in [0.25, 0.3) is 0 Å². The third-order valence-corrected chi connectivity index (χ3v) is 15.3. The predicted molar refractivity (Wildman–Crippen MR) is 317 cm³/mol. The molecule has 0 rings (SSSR count). The molecule has 0 N–H and O–H groups in total. The number of hydrogen-bond acceptors (Lipinski definition) is 6.